The number of imidazole rings is 1. The Kier molecular flexibility index (Phi) is 7.22. The van der Waals surface area contributed by atoms with Crippen molar-refractivity contribution in [3.05, 3.63) is 61.4 Å². The summed E-state index contributed by atoms with van der Waals surface area (Å²) in [4.78, 5) is 22.1. The molecule has 0 aliphatic carbocycles. The van der Waals surface area contributed by atoms with Crippen molar-refractivity contribution in [2.75, 3.05) is 69.2 Å². The normalized spacial score (nSPS) is 14.4. The van der Waals surface area contributed by atoms with Crippen molar-refractivity contribution in [2.24, 2.45) is 7.05 Å². The first-order chi connectivity index (χ1) is 21.7. The SMILES string of the molecule is COc1cc(N2CCN(C)CC2)c(-c2cnn(C)c2)cc1Nc1nc(Nc2ccn3ccnc3c2P(C)(C)=O)c2cc[nH]c2n1. The van der Waals surface area contributed by atoms with Gasteiger partial charge in [-0.25, -0.2) is 4.98 Å². The molecule has 0 amide bonds. The third kappa shape index (κ3) is 5.49. The minimum Gasteiger partial charge on any atom is -0.494 e. The van der Waals surface area contributed by atoms with Gasteiger partial charge in [0.05, 0.1) is 35.4 Å². The highest BCUT2D eigenvalue weighted by molar-refractivity contribution is 7.70. The molecule has 5 aromatic heterocycles. The summed E-state index contributed by atoms with van der Waals surface area (Å²) in [5, 5.41) is 12.8. The van der Waals surface area contributed by atoms with Crippen LogP contribution in [0.1, 0.15) is 0 Å². The fourth-order valence-corrected chi connectivity index (χ4v) is 7.24. The third-order valence-electron chi connectivity index (χ3n) is 8.17. The van der Waals surface area contributed by atoms with Gasteiger partial charge in [-0.05, 0) is 38.6 Å². The van der Waals surface area contributed by atoms with Crippen LogP contribution in [0.4, 0.5) is 28.8 Å². The first-order valence-electron chi connectivity index (χ1n) is 14.7. The fourth-order valence-electron chi connectivity index (χ4n) is 5.88. The largest absolute Gasteiger partial charge is 0.494 e. The molecule has 0 spiro atoms. The number of aromatic amines is 1. The number of nitrogens with zero attached hydrogens (tertiary/aromatic N) is 8. The second-order valence-corrected chi connectivity index (χ2v) is 14.9. The van der Waals surface area contributed by atoms with Gasteiger partial charge in [0.1, 0.15) is 30.0 Å². The molecule has 1 aliphatic heterocycles. The Morgan fingerprint density at radius 1 is 1.00 bits per heavy atom. The first-order valence-corrected chi connectivity index (χ1v) is 17.3. The van der Waals surface area contributed by atoms with Crippen LogP contribution < -0.4 is 25.6 Å². The van der Waals surface area contributed by atoms with Gasteiger partial charge in [0.15, 0.2) is 0 Å². The lowest BCUT2D eigenvalue weighted by Gasteiger charge is -2.35. The van der Waals surface area contributed by atoms with Gasteiger partial charge in [0.2, 0.25) is 5.95 Å². The molecule has 7 rings (SSSR count). The highest BCUT2D eigenvalue weighted by atomic mass is 31.2. The van der Waals surface area contributed by atoms with Crippen LogP contribution in [0.3, 0.4) is 0 Å². The summed E-state index contributed by atoms with van der Waals surface area (Å²) in [5.74, 6) is 1.61. The summed E-state index contributed by atoms with van der Waals surface area (Å²) in [6.07, 6.45) is 11.2. The molecular weight excluding hydrogens is 589 g/mol. The van der Waals surface area contributed by atoms with Crippen LogP contribution in [0.2, 0.25) is 0 Å². The molecule has 45 heavy (non-hydrogen) atoms. The molecule has 232 valence electrons. The van der Waals surface area contributed by atoms with E-state index in [1.165, 1.54) is 0 Å². The van der Waals surface area contributed by atoms with Crippen LogP contribution in [0.5, 0.6) is 5.75 Å². The predicted octanol–water partition coefficient (Wildman–Crippen LogP) is 4.50. The van der Waals surface area contributed by atoms with Crippen molar-refractivity contribution in [2.45, 2.75) is 0 Å². The maximum absolute atomic E-state index is 13.5. The maximum Gasteiger partial charge on any atom is 0.231 e. The predicted molar refractivity (Wildman–Crippen MR) is 180 cm³/mol. The van der Waals surface area contributed by atoms with Gasteiger partial charge in [-0.15, -0.1) is 0 Å². The highest BCUT2D eigenvalue weighted by Gasteiger charge is 2.24. The molecule has 1 aliphatic rings. The Hall–Kier alpha value is -4.87. The van der Waals surface area contributed by atoms with Gasteiger partial charge in [-0.3, -0.25) is 4.68 Å². The number of ether oxygens (including phenoxy) is 1. The quantitative estimate of drug-likeness (QED) is 0.208. The van der Waals surface area contributed by atoms with E-state index in [-0.39, 0.29) is 0 Å². The molecule has 0 unspecified atom stereocenters. The minimum absolute atomic E-state index is 0.370. The van der Waals surface area contributed by atoms with E-state index in [1.807, 2.05) is 54.6 Å². The Morgan fingerprint density at radius 3 is 2.56 bits per heavy atom. The van der Waals surface area contributed by atoms with Gasteiger partial charge in [-0.2, -0.15) is 15.1 Å². The van der Waals surface area contributed by atoms with Crippen molar-refractivity contribution < 1.29 is 9.30 Å². The zero-order chi connectivity index (χ0) is 31.3. The van der Waals surface area contributed by atoms with E-state index in [9.17, 15) is 4.57 Å². The summed E-state index contributed by atoms with van der Waals surface area (Å²) in [7, 11) is 3.01. The van der Waals surface area contributed by atoms with E-state index in [2.05, 4.69) is 54.7 Å². The standard InChI is InChI=1S/C31H36N11O2P/c1-39-12-14-41(15-13-39)25-17-26(44-3)24(16-22(25)20-18-34-40(2)19-20)36-31-37-28-21(6-8-32-28)29(38-31)35-23-7-10-42-11-9-33-30(42)27(23)45(4,5)43/h6-11,16-19H,12-15H2,1-5H3,(H3,32,35,36,37,38). The van der Waals surface area contributed by atoms with Crippen molar-refractivity contribution >= 4 is 58.0 Å². The molecule has 0 radical (unpaired) electrons. The molecule has 0 saturated carbocycles. The maximum atomic E-state index is 13.5. The summed E-state index contributed by atoms with van der Waals surface area (Å²) in [6, 6.07) is 7.97. The lowest BCUT2D eigenvalue weighted by molar-refractivity contribution is 0.313. The van der Waals surface area contributed by atoms with E-state index < -0.39 is 7.14 Å². The zero-order valence-corrected chi connectivity index (χ0v) is 26.8. The number of methoxy groups -OCH3 is 1. The van der Waals surface area contributed by atoms with E-state index in [1.54, 1.807) is 31.3 Å². The van der Waals surface area contributed by atoms with Crippen LogP contribution in [0, 0.1) is 0 Å². The number of likely N-dealkylation sites (N-methyl/N-ethyl adjacent to an activating group) is 1. The topological polar surface area (TPSA) is 134 Å². The molecule has 1 fully saturated rings. The Balaban J connectivity index is 1.30. The zero-order valence-electron chi connectivity index (χ0n) is 25.9. The number of fused-ring (bicyclic) bond motifs is 2. The average Bonchev–Trinajstić information content (AvgIpc) is 3.78. The lowest BCUT2D eigenvalue weighted by atomic mass is 10.0. The molecular formula is C31H36N11O2P. The number of aryl methyl sites for hydroxylation is 1. The summed E-state index contributed by atoms with van der Waals surface area (Å²) >= 11 is 0. The van der Waals surface area contributed by atoms with Gasteiger partial charge in [0, 0.05) is 87.1 Å². The molecule has 13 nitrogen and oxygen atoms in total. The minimum atomic E-state index is -2.72. The number of H-pyrrole nitrogens is 1. The molecule has 6 aromatic rings. The molecule has 14 heteroatoms. The van der Waals surface area contributed by atoms with E-state index in [4.69, 9.17) is 14.7 Å². The number of nitrogens with one attached hydrogen (secondary N) is 3. The van der Waals surface area contributed by atoms with Crippen molar-refractivity contribution in [1.29, 1.82) is 0 Å². The van der Waals surface area contributed by atoms with Crippen LogP contribution in [0.25, 0.3) is 27.8 Å². The lowest BCUT2D eigenvalue weighted by Crippen LogP contribution is -2.44. The van der Waals surface area contributed by atoms with Crippen LogP contribution in [-0.2, 0) is 11.6 Å². The van der Waals surface area contributed by atoms with E-state index in [0.717, 1.165) is 54.1 Å². The molecule has 1 saturated heterocycles. The number of hydrogen-bond donors (Lipinski definition) is 3. The molecule has 6 heterocycles. The van der Waals surface area contributed by atoms with Crippen LogP contribution in [0.15, 0.2) is 61.4 Å². The number of rotatable bonds is 8. The fraction of sp³-hybridized carbons (Fsp3) is 0.290. The van der Waals surface area contributed by atoms with Gasteiger partial charge >= 0.3 is 0 Å². The van der Waals surface area contributed by atoms with E-state index in [0.29, 0.717) is 39.8 Å². The van der Waals surface area contributed by atoms with Crippen LogP contribution >= 0.6 is 7.14 Å². The molecule has 0 bridgehead atoms. The highest BCUT2D eigenvalue weighted by Crippen LogP contribution is 2.42. The van der Waals surface area contributed by atoms with Gasteiger partial charge < -0.3 is 39.1 Å². The average molecular weight is 626 g/mol. The Labute approximate surface area is 260 Å². The summed E-state index contributed by atoms with van der Waals surface area (Å²) in [5.41, 5.74) is 5.83. The second-order valence-electron chi connectivity index (χ2n) is 11.7. The van der Waals surface area contributed by atoms with Crippen molar-refractivity contribution in [3.8, 4) is 16.9 Å². The van der Waals surface area contributed by atoms with Gasteiger partial charge in [-0.1, -0.05) is 0 Å². The smallest absolute Gasteiger partial charge is 0.231 e. The Bertz CT molecular complexity index is 2070. The number of benzene rings is 1. The van der Waals surface area contributed by atoms with Crippen molar-refractivity contribution in [3.63, 3.8) is 0 Å². The second kappa shape index (κ2) is 11.2. The molecule has 0 atom stereocenters. The summed E-state index contributed by atoms with van der Waals surface area (Å²) < 4.78 is 23.1. The van der Waals surface area contributed by atoms with E-state index >= 15 is 0 Å². The number of aromatic nitrogens is 7. The first kappa shape index (κ1) is 28.9. The summed E-state index contributed by atoms with van der Waals surface area (Å²) in [6.45, 7) is 7.29. The Morgan fingerprint density at radius 2 is 1.82 bits per heavy atom. The molecule has 1 aromatic carbocycles. The van der Waals surface area contributed by atoms with Gasteiger partial charge in [0.25, 0.3) is 0 Å². The molecule has 3 N–H and O–H groups in total. The number of piperazine rings is 1. The third-order valence-corrected chi connectivity index (χ3v) is 9.69. The number of anilines is 5. The number of hydrogen-bond acceptors (Lipinski definition) is 10. The monoisotopic (exact) mass is 625 g/mol. The number of pyridine rings is 1. The van der Waals surface area contributed by atoms with Crippen LogP contribution in [-0.4, -0.2) is 92.7 Å². The van der Waals surface area contributed by atoms with Crippen molar-refractivity contribution in [1.82, 2.24) is 39.0 Å².